The van der Waals surface area contributed by atoms with E-state index in [2.05, 4.69) is 29.6 Å². The normalized spacial score (nSPS) is 47.6. The predicted molar refractivity (Wildman–Crippen MR) is 395 cm³/mol. The molecule has 0 unspecified atom stereocenters. The Labute approximate surface area is 735 Å². The van der Waals surface area contributed by atoms with E-state index in [1.54, 1.807) is 0 Å². The summed E-state index contributed by atoms with van der Waals surface area (Å²) in [7, 11) is -11.1. The first-order valence-corrected chi connectivity index (χ1v) is 43.0. The highest BCUT2D eigenvalue weighted by molar-refractivity contribution is 7.81. The van der Waals surface area contributed by atoms with Crippen LogP contribution in [0.1, 0.15) is 34.6 Å². The quantitative estimate of drug-likeness (QED) is 0.0262. The molecule has 31 N–H and O–H groups in total. The molecule has 10 saturated heterocycles. The fraction of sp³-hybridized carbons (Fsp3) is 0.941. The van der Waals surface area contributed by atoms with Crippen LogP contribution in [0.15, 0.2) is 0 Å². The molecule has 10 rings (SSSR count). The lowest BCUT2D eigenvalue weighted by atomic mass is 9.93. The molecule has 4 amide bonds. The van der Waals surface area contributed by atoms with Gasteiger partial charge in [-0.05, 0) is 6.92 Å². The summed E-state index contributed by atoms with van der Waals surface area (Å²) in [5.74, 6) is -4.00. The number of ether oxygens (including phenoxy) is 19. The number of nitrogens with one attached hydrogen (secondary N) is 4. The highest BCUT2D eigenvalue weighted by atomic mass is 32.3. The van der Waals surface area contributed by atoms with Gasteiger partial charge in [0.25, 0.3) is 0 Å². The van der Waals surface area contributed by atoms with Crippen LogP contribution < -0.4 is 21.3 Å². The molecular weight excluding hydrogens is 1830 g/mol. The molecule has 0 aromatic carbocycles. The summed E-state index contributed by atoms with van der Waals surface area (Å²) in [6, 6.07) is -8.04. The Morgan fingerprint density at radius 2 is 0.531 bits per heavy atom. The number of carbonyl (C=O) groups is 4. The number of hydrogen-bond acceptors (Lipinski definition) is 54. The first-order chi connectivity index (χ1) is 61.0. The lowest BCUT2D eigenvalue weighted by Crippen LogP contribution is -2.71. The van der Waals surface area contributed by atoms with Crippen LogP contribution in [0.5, 0.6) is 0 Å². The summed E-state index contributed by atoms with van der Waals surface area (Å²) >= 11 is 0. The molecule has 10 fully saturated rings. The van der Waals surface area contributed by atoms with Gasteiger partial charge in [-0.25, -0.2) is 8.37 Å². The van der Waals surface area contributed by atoms with Crippen LogP contribution in [0.25, 0.3) is 0 Å². The summed E-state index contributed by atoms with van der Waals surface area (Å²) in [5, 5.41) is 291. The van der Waals surface area contributed by atoms with Gasteiger partial charge in [0.2, 0.25) is 23.6 Å². The Bertz CT molecular complexity index is 3850. The van der Waals surface area contributed by atoms with E-state index in [4.69, 9.17) is 90.0 Å². The first kappa shape index (κ1) is 108. The number of rotatable bonds is 35. The highest BCUT2D eigenvalue weighted by Crippen LogP contribution is 2.41. The van der Waals surface area contributed by atoms with Gasteiger partial charge in [-0.2, -0.15) is 16.8 Å². The number of aliphatic hydroxyl groups excluding tert-OH is 25. The van der Waals surface area contributed by atoms with Crippen LogP contribution in [0.3, 0.4) is 0 Å². The van der Waals surface area contributed by atoms with Crippen molar-refractivity contribution in [3.05, 3.63) is 0 Å². The fourth-order valence-corrected chi connectivity index (χ4v) is 17.3. The molecule has 50 atom stereocenters. The van der Waals surface area contributed by atoms with E-state index in [0.717, 1.165) is 27.7 Å². The van der Waals surface area contributed by atoms with Gasteiger partial charge >= 0.3 is 20.8 Å². The standard InChI is InChI=1S/C68H114N4O56S2/c1-15-33(84)43(94)46(97)63(110-15)108-14-28-53(39(90)29(59(101)111-28)69-16(2)80)120-60-30(70-17(3)81)40(91)50(24(10-77)116-60)121-64-47(98)54(124-68-58(45(96)35(86)21(7-74)115-68)126-62-32(72-19(5)83)42(93)52(26(12-79)118-62)123-66-49(100)56(128-130(105,106)107)37(88)23(9-76)113-66)38(89)27(119-64)13-109-67-57(44(95)34(85)20(6-73)114-67)125-61-31(71-18(4)82)41(92)51(25(11-78)117-61)122-65-48(99)55(127-129(102,103)104)36(87)22(8-75)112-65/h15,20-68,73-79,84-101H,6-14H2,1-5H3,(H,69,80)(H,70,81)(H,71,82)(H,72,83)(H,102,103,104)(H,105,106,107)/t15-,20+,21+,22+,23+,24+,25+,26+,27+,28+,29+,30+,31+,32-,33+,34+,35+,36-,37-,38+,39+,40+,41+,42+,43+,44-,45-,46-,47-,48+,49+,50+,51+,52+,53+,54-,55-,56-,57-,58-,59+,60-,61-,62-,63+,64-,65-,66-,67-,68+/m0/s1. The Morgan fingerprint density at radius 1 is 0.254 bits per heavy atom. The van der Waals surface area contributed by atoms with Crippen LogP contribution in [-0.2, 0) is 138 Å². The van der Waals surface area contributed by atoms with Crippen LogP contribution >= 0.6 is 0 Å². The minimum absolute atomic E-state index is 0.855. The fourth-order valence-electron chi connectivity index (χ4n) is 16.3. The number of aliphatic hydroxyl groups is 25. The topological polar surface area (TPSA) is 925 Å². The van der Waals surface area contributed by atoms with Crippen molar-refractivity contribution in [2.75, 3.05) is 59.5 Å². The van der Waals surface area contributed by atoms with Crippen molar-refractivity contribution in [1.82, 2.24) is 21.3 Å². The van der Waals surface area contributed by atoms with Crippen molar-refractivity contribution in [3.8, 4) is 0 Å². The Hall–Kier alpha value is -4.14. The molecule has 60 nitrogen and oxygen atoms in total. The van der Waals surface area contributed by atoms with Gasteiger partial charge in [0.15, 0.2) is 62.9 Å². The lowest BCUT2D eigenvalue weighted by Gasteiger charge is -2.51. The SMILES string of the molecule is CC(=O)N[C@@H]1[C@H](O[C@@H]2[C@@H](O[C@@H]3[C@H](O)[C@H](O[C@H]4[C@H](O)[C@@H](NC(C)=O)[C@H](O[C@H]5[C@H](O)[C@@H](NC(C)=O)[C@H](O)O[C@@H]5CO[C@@H]5O[C@@H](C)[C@@H](O)[C@@H](O)[C@@H]5O)O[C@@H]4CO)O[C@H](CO[C@H]4O[C@H](CO)[C@@H](O)[C@H](O)[C@@H]4O[C@@H]4O[C@H](CO)[C@@H](O[C@@H]5O[C@H](CO)[C@H](O)[C@H](OS(=O)(=O)O)[C@H]5O)[C@H](O)[C@H]4NC(C)=O)[C@H]3O)O[C@H](CO)[C@@H](O)[C@@H]2O)O[C@H](CO)[C@@H](O[C@@H]2O[C@H](CO)[C@H](O)[C@H](OS(=O)(=O)O)[C@H]2O)[C@@H]1O. The highest BCUT2D eigenvalue weighted by Gasteiger charge is 2.62. The zero-order valence-electron chi connectivity index (χ0n) is 69.0. The molecule has 10 heterocycles. The minimum atomic E-state index is -5.54. The molecule has 0 radical (unpaired) electrons. The smallest absolute Gasteiger partial charge is 0.394 e. The number of carbonyl (C=O) groups excluding carboxylic acids is 4. The molecule has 0 aliphatic carbocycles. The summed E-state index contributed by atoms with van der Waals surface area (Å²) < 4.78 is 188. The van der Waals surface area contributed by atoms with E-state index in [0.29, 0.717) is 0 Å². The maximum Gasteiger partial charge on any atom is 0.397 e. The van der Waals surface area contributed by atoms with Crippen molar-refractivity contribution in [2.24, 2.45) is 0 Å². The van der Waals surface area contributed by atoms with E-state index in [-0.39, 0.29) is 0 Å². The summed E-state index contributed by atoms with van der Waals surface area (Å²) in [4.78, 5) is 51.9. The second kappa shape index (κ2) is 46.1. The van der Waals surface area contributed by atoms with Crippen molar-refractivity contribution < 1.29 is 271 Å². The van der Waals surface area contributed by atoms with Gasteiger partial charge in [-0.3, -0.25) is 28.3 Å². The summed E-state index contributed by atoms with van der Waals surface area (Å²) in [6.45, 7) is -5.99. The van der Waals surface area contributed by atoms with Crippen LogP contribution in [0.2, 0.25) is 0 Å². The zero-order valence-corrected chi connectivity index (χ0v) is 70.6. The number of amides is 4. The molecular formula is C68H114N4O56S2. The molecule has 0 aromatic heterocycles. The molecule has 0 spiro atoms. The molecule has 62 heteroatoms. The second-order valence-corrected chi connectivity index (χ2v) is 34.1. The van der Waals surface area contributed by atoms with Crippen LogP contribution in [0.4, 0.5) is 0 Å². The molecule has 10 aliphatic rings. The largest absolute Gasteiger partial charge is 0.397 e. The van der Waals surface area contributed by atoms with Gasteiger partial charge in [-0.1, -0.05) is 0 Å². The van der Waals surface area contributed by atoms with E-state index in [9.17, 15) is 173 Å². The lowest BCUT2D eigenvalue weighted by molar-refractivity contribution is -0.399. The molecule has 754 valence electrons. The van der Waals surface area contributed by atoms with Gasteiger partial charge in [0.05, 0.1) is 65.6 Å². The van der Waals surface area contributed by atoms with E-state index < -0.39 is 411 Å². The minimum Gasteiger partial charge on any atom is -0.394 e. The molecule has 130 heavy (non-hydrogen) atoms. The Balaban J connectivity index is 0.990. The predicted octanol–water partition coefficient (Wildman–Crippen LogP) is -21.5. The number of hydrogen-bond donors (Lipinski definition) is 31. The van der Waals surface area contributed by atoms with Crippen LogP contribution in [-0.4, -0.2) is 544 Å². The molecule has 0 saturated carbocycles. The maximum atomic E-state index is 13.3. The third-order valence-corrected chi connectivity index (χ3v) is 23.8. The molecule has 10 aliphatic heterocycles. The molecule has 0 aromatic rings. The third-order valence-electron chi connectivity index (χ3n) is 22.8. The third kappa shape index (κ3) is 24.9. The Kier molecular flexibility index (Phi) is 38.3. The monoisotopic (exact) mass is 1950 g/mol. The van der Waals surface area contributed by atoms with Gasteiger partial charge in [0, 0.05) is 27.7 Å². The van der Waals surface area contributed by atoms with Crippen molar-refractivity contribution in [1.29, 1.82) is 0 Å². The van der Waals surface area contributed by atoms with E-state index >= 15 is 0 Å². The van der Waals surface area contributed by atoms with E-state index in [1.807, 2.05) is 0 Å². The van der Waals surface area contributed by atoms with Crippen LogP contribution in [0, 0.1) is 0 Å². The van der Waals surface area contributed by atoms with E-state index in [1.165, 1.54) is 6.92 Å². The second-order valence-electron chi connectivity index (χ2n) is 32.0. The summed E-state index contributed by atoms with van der Waals surface area (Å²) in [5.41, 5.74) is 0. The van der Waals surface area contributed by atoms with Crippen molar-refractivity contribution in [2.45, 2.75) is 341 Å². The van der Waals surface area contributed by atoms with Gasteiger partial charge in [0.1, 0.15) is 238 Å². The maximum absolute atomic E-state index is 13.3. The van der Waals surface area contributed by atoms with Crippen molar-refractivity contribution >= 4 is 44.4 Å². The average Bonchev–Trinajstić information content (AvgIpc) is 0.767. The molecule has 0 bridgehead atoms. The van der Waals surface area contributed by atoms with Gasteiger partial charge < -0.3 is 239 Å². The zero-order chi connectivity index (χ0) is 96.2. The summed E-state index contributed by atoms with van der Waals surface area (Å²) in [6.07, 6.45) is -101. The average molecular weight is 1950 g/mol. The first-order valence-electron chi connectivity index (χ1n) is 40.3. The van der Waals surface area contributed by atoms with Crippen molar-refractivity contribution in [3.63, 3.8) is 0 Å². The Morgan fingerprint density at radius 3 is 0.908 bits per heavy atom. The van der Waals surface area contributed by atoms with Gasteiger partial charge in [-0.15, -0.1) is 0 Å².